The molecular formula is C9H16CrO4. The number of aliphatic hydroxyl groups excluding tert-OH is 1. The van der Waals surface area contributed by atoms with Crippen LogP contribution in [-0.4, -0.2) is 37.3 Å². The van der Waals surface area contributed by atoms with Crippen molar-refractivity contribution in [3.05, 3.63) is 11.8 Å². The van der Waals surface area contributed by atoms with Gasteiger partial charge in [0.25, 0.3) is 0 Å². The van der Waals surface area contributed by atoms with E-state index in [0.29, 0.717) is 0 Å². The molecule has 1 N–H and O–H groups in total. The molecule has 0 rings (SSSR count). The predicted octanol–water partition coefficient (Wildman–Crippen LogP) is 1.06. The SMILES string of the molecule is COC(C)C(=O)/C=C(\O)C(C)OC.[Cr]. The Labute approximate surface area is 95.0 Å². The Hall–Kier alpha value is -0.338. The summed E-state index contributed by atoms with van der Waals surface area (Å²) in [6.07, 6.45) is 0.127. The van der Waals surface area contributed by atoms with Gasteiger partial charge in [0.2, 0.25) is 0 Å². The van der Waals surface area contributed by atoms with E-state index in [1.54, 1.807) is 13.8 Å². The molecule has 0 aromatic heterocycles. The van der Waals surface area contributed by atoms with E-state index < -0.39 is 12.2 Å². The van der Waals surface area contributed by atoms with Gasteiger partial charge in [-0.2, -0.15) is 0 Å². The molecule has 0 spiro atoms. The van der Waals surface area contributed by atoms with Crippen LogP contribution in [0.15, 0.2) is 11.8 Å². The third kappa shape index (κ3) is 5.40. The van der Waals surface area contributed by atoms with Crippen LogP contribution in [-0.2, 0) is 31.6 Å². The van der Waals surface area contributed by atoms with Gasteiger partial charge < -0.3 is 14.6 Å². The predicted molar refractivity (Wildman–Crippen MR) is 48.7 cm³/mol. The van der Waals surface area contributed by atoms with Crippen molar-refractivity contribution in [2.75, 3.05) is 14.2 Å². The first kappa shape index (κ1) is 16.1. The van der Waals surface area contributed by atoms with Gasteiger partial charge in [-0.3, -0.25) is 4.79 Å². The summed E-state index contributed by atoms with van der Waals surface area (Å²) in [5.74, 6) is -0.361. The van der Waals surface area contributed by atoms with Crippen molar-refractivity contribution >= 4 is 5.78 Å². The van der Waals surface area contributed by atoms with E-state index in [0.717, 1.165) is 6.08 Å². The molecule has 0 amide bonds. The van der Waals surface area contributed by atoms with Crippen LogP contribution in [0.4, 0.5) is 0 Å². The molecule has 14 heavy (non-hydrogen) atoms. The number of carbonyl (C=O) groups excluding carboxylic acids is 1. The van der Waals surface area contributed by atoms with Crippen LogP contribution in [0.25, 0.3) is 0 Å². The number of ether oxygens (including phenoxy) is 2. The maximum atomic E-state index is 11.2. The number of methoxy groups -OCH3 is 2. The van der Waals surface area contributed by atoms with E-state index in [1.807, 2.05) is 0 Å². The molecule has 0 radical (unpaired) electrons. The zero-order chi connectivity index (χ0) is 10.4. The third-order valence-corrected chi connectivity index (χ3v) is 1.81. The van der Waals surface area contributed by atoms with E-state index in [1.165, 1.54) is 14.2 Å². The van der Waals surface area contributed by atoms with Crippen LogP contribution >= 0.6 is 0 Å². The van der Waals surface area contributed by atoms with Gasteiger partial charge in [-0.05, 0) is 13.8 Å². The topological polar surface area (TPSA) is 55.8 Å². The minimum atomic E-state index is -0.536. The van der Waals surface area contributed by atoms with Crippen molar-refractivity contribution in [1.82, 2.24) is 0 Å². The molecule has 0 aromatic carbocycles. The molecule has 4 nitrogen and oxygen atoms in total. The van der Waals surface area contributed by atoms with Crippen molar-refractivity contribution in [3.63, 3.8) is 0 Å². The molecule has 0 saturated carbocycles. The van der Waals surface area contributed by atoms with E-state index >= 15 is 0 Å². The van der Waals surface area contributed by atoms with Gasteiger partial charge in [-0.25, -0.2) is 0 Å². The summed E-state index contributed by atoms with van der Waals surface area (Å²) in [7, 11) is 2.89. The van der Waals surface area contributed by atoms with E-state index in [-0.39, 0.29) is 28.9 Å². The first-order valence-corrected chi connectivity index (χ1v) is 4.03. The first-order chi connectivity index (χ1) is 6.02. The molecule has 0 heterocycles. The minimum Gasteiger partial charge on any atom is -0.509 e. The quantitative estimate of drug-likeness (QED) is 0.576. The number of ketones is 1. The zero-order valence-electron chi connectivity index (χ0n) is 8.81. The average molecular weight is 240 g/mol. The average Bonchev–Trinajstić information content (AvgIpc) is 2.14. The fourth-order valence-electron chi connectivity index (χ4n) is 0.617. The van der Waals surface area contributed by atoms with Crippen LogP contribution in [0.5, 0.6) is 0 Å². The van der Waals surface area contributed by atoms with Gasteiger partial charge in [0, 0.05) is 37.7 Å². The molecule has 0 fully saturated rings. The summed E-state index contributed by atoms with van der Waals surface area (Å²) in [5, 5.41) is 9.29. The molecule has 0 aromatic rings. The first-order valence-electron chi connectivity index (χ1n) is 4.03. The maximum absolute atomic E-state index is 11.2. The van der Waals surface area contributed by atoms with Crippen molar-refractivity contribution in [1.29, 1.82) is 0 Å². The third-order valence-electron chi connectivity index (χ3n) is 1.81. The Bertz CT molecular complexity index is 203. The Morgan fingerprint density at radius 1 is 1.21 bits per heavy atom. The van der Waals surface area contributed by atoms with Crippen LogP contribution < -0.4 is 0 Å². The number of hydrogen-bond acceptors (Lipinski definition) is 4. The van der Waals surface area contributed by atoms with Gasteiger partial charge in [0.15, 0.2) is 5.78 Å². The van der Waals surface area contributed by atoms with Crippen molar-refractivity contribution in [2.24, 2.45) is 0 Å². The van der Waals surface area contributed by atoms with Crippen molar-refractivity contribution in [2.45, 2.75) is 26.1 Å². The van der Waals surface area contributed by atoms with E-state index in [9.17, 15) is 9.90 Å². The van der Waals surface area contributed by atoms with Gasteiger partial charge in [-0.1, -0.05) is 0 Å². The second-order valence-corrected chi connectivity index (χ2v) is 2.73. The second-order valence-electron chi connectivity index (χ2n) is 2.73. The molecule has 0 bridgehead atoms. The van der Waals surface area contributed by atoms with Crippen LogP contribution in [0, 0.1) is 0 Å². The normalized spacial score (nSPS) is 15.6. The maximum Gasteiger partial charge on any atom is 0.187 e. The van der Waals surface area contributed by atoms with Gasteiger partial charge in [0.05, 0.1) is 0 Å². The summed E-state index contributed by atoms with van der Waals surface area (Å²) in [4.78, 5) is 11.2. The summed E-state index contributed by atoms with van der Waals surface area (Å²) in [6.45, 7) is 3.26. The molecular weight excluding hydrogens is 224 g/mol. The van der Waals surface area contributed by atoms with Gasteiger partial charge >= 0.3 is 0 Å². The van der Waals surface area contributed by atoms with Gasteiger partial charge in [-0.15, -0.1) is 0 Å². The fraction of sp³-hybridized carbons (Fsp3) is 0.667. The Morgan fingerprint density at radius 2 is 1.64 bits per heavy atom. The molecule has 0 aliphatic rings. The monoisotopic (exact) mass is 240 g/mol. The largest absolute Gasteiger partial charge is 0.509 e. The summed E-state index contributed by atoms with van der Waals surface area (Å²) >= 11 is 0. The number of carbonyl (C=O) groups is 1. The minimum absolute atomic E-state index is 0. The Morgan fingerprint density at radius 3 is 2.00 bits per heavy atom. The molecule has 0 aliphatic heterocycles. The Balaban J connectivity index is 0. The number of aliphatic hydroxyl groups is 1. The van der Waals surface area contributed by atoms with E-state index in [2.05, 4.69) is 0 Å². The molecule has 82 valence electrons. The zero-order valence-corrected chi connectivity index (χ0v) is 10.1. The van der Waals surface area contributed by atoms with E-state index in [4.69, 9.17) is 9.47 Å². The van der Waals surface area contributed by atoms with Crippen molar-refractivity contribution < 1.29 is 36.7 Å². The summed E-state index contributed by atoms with van der Waals surface area (Å²) in [5.41, 5.74) is 0. The van der Waals surface area contributed by atoms with Crippen LogP contribution in [0.1, 0.15) is 13.8 Å². The molecule has 2 unspecified atom stereocenters. The molecule has 0 aliphatic carbocycles. The molecule has 2 atom stereocenters. The fourth-order valence-corrected chi connectivity index (χ4v) is 0.617. The molecule has 0 saturated heterocycles. The Kier molecular flexibility index (Phi) is 9.22. The smallest absolute Gasteiger partial charge is 0.187 e. The van der Waals surface area contributed by atoms with Crippen LogP contribution in [0.2, 0.25) is 0 Å². The summed E-state index contributed by atoms with van der Waals surface area (Å²) in [6, 6.07) is 0. The standard InChI is InChI=1S/C9H16O4.Cr/c1-6(12-3)8(10)5-9(11)7(2)13-4;/h5-7,10H,1-4H3;/b8-5-;. The molecule has 5 heteroatoms. The van der Waals surface area contributed by atoms with Crippen LogP contribution in [0.3, 0.4) is 0 Å². The van der Waals surface area contributed by atoms with Gasteiger partial charge in [0.1, 0.15) is 18.0 Å². The number of rotatable bonds is 5. The summed E-state index contributed by atoms with van der Waals surface area (Å²) < 4.78 is 9.60. The second kappa shape index (κ2) is 8.01. The van der Waals surface area contributed by atoms with Crippen molar-refractivity contribution in [3.8, 4) is 0 Å². The number of hydrogen-bond donors (Lipinski definition) is 1.